The van der Waals surface area contributed by atoms with E-state index in [-0.39, 0.29) is 0 Å². The Balaban J connectivity index is 2.65. The molecule has 1 aromatic rings. The lowest BCUT2D eigenvalue weighted by molar-refractivity contribution is 0.200. The highest BCUT2D eigenvalue weighted by molar-refractivity contribution is 5.36. The van der Waals surface area contributed by atoms with Crippen LogP contribution in [0.2, 0.25) is 0 Å². The van der Waals surface area contributed by atoms with Crippen LogP contribution in [0, 0.1) is 5.92 Å². The molecule has 0 saturated carbocycles. The fourth-order valence-corrected chi connectivity index (χ4v) is 1.65. The van der Waals surface area contributed by atoms with E-state index in [4.69, 9.17) is 0 Å². The van der Waals surface area contributed by atoms with E-state index in [0.717, 1.165) is 12.4 Å². The second-order valence-electron chi connectivity index (χ2n) is 4.70. The molecule has 1 unspecified atom stereocenters. The van der Waals surface area contributed by atoms with Crippen molar-refractivity contribution >= 4 is 5.82 Å². The lowest BCUT2D eigenvalue weighted by Crippen LogP contribution is -2.32. The largest absolute Gasteiger partial charge is 0.373 e. The SMILES string of the molecule is CNc1cc(CN(C)C(C)C(C)C)ccn1. The third kappa shape index (κ3) is 3.49. The molecule has 1 rings (SSSR count). The molecule has 1 heterocycles. The van der Waals surface area contributed by atoms with E-state index < -0.39 is 0 Å². The van der Waals surface area contributed by atoms with Gasteiger partial charge in [-0.15, -0.1) is 0 Å². The fourth-order valence-electron chi connectivity index (χ4n) is 1.65. The average molecular weight is 221 g/mol. The van der Waals surface area contributed by atoms with Crippen molar-refractivity contribution in [2.75, 3.05) is 19.4 Å². The summed E-state index contributed by atoms with van der Waals surface area (Å²) >= 11 is 0. The number of nitrogens with zero attached hydrogens (tertiary/aromatic N) is 2. The summed E-state index contributed by atoms with van der Waals surface area (Å²) in [4.78, 5) is 6.59. The van der Waals surface area contributed by atoms with Gasteiger partial charge in [0.25, 0.3) is 0 Å². The second-order valence-corrected chi connectivity index (χ2v) is 4.70. The van der Waals surface area contributed by atoms with Crippen molar-refractivity contribution in [1.82, 2.24) is 9.88 Å². The van der Waals surface area contributed by atoms with Crippen molar-refractivity contribution in [3.63, 3.8) is 0 Å². The normalized spacial score (nSPS) is 13.2. The van der Waals surface area contributed by atoms with Crippen molar-refractivity contribution in [1.29, 1.82) is 0 Å². The molecule has 0 aliphatic carbocycles. The zero-order chi connectivity index (χ0) is 12.1. The van der Waals surface area contributed by atoms with E-state index in [1.807, 2.05) is 13.2 Å². The number of hydrogen-bond donors (Lipinski definition) is 1. The zero-order valence-corrected chi connectivity index (χ0v) is 11.0. The lowest BCUT2D eigenvalue weighted by Gasteiger charge is -2.27. The highest BCUT2D eigenvalue weighted by atomic mass is 15.1. The summed E-state index contributed by atoms with van der Waals surface area (Å²) in [6, 6.07) is 4.76. The predicted octanol–water partition coefficient (Wildman–Crippen LogP) is 2.60. The number of aromatic nitrogens is 1. The summed E-state index contributed by atoms with van der Waals surface area (Å²) < 4.78 is 0. The van der Waals surface area contributed by atoms with Crippen molar-refractivity contribution in [2.24, 2.45) is 5.92 Å². The van der Waals surface area contributed by atoms with E-state index in [2.05, 4.69) is 55.2 Å². The first-order valence-corrected chi connectivity index (χ1v) is 5.87. The van der Waals surface area contributed by atoms with Gasteiger partial charge in [-0.3, -0.25) is 4.90 Å². The van der Waals surface area contributed by atoms with Crippen molar-refractivity contribution in [3.05, 3.63) is 23.9 Å². The third-order valence-corrected chi connectivity index (χ3v) is 3.17. The van der Waals surface area contributed by atoms with Gasteiger partial charge in [0.05, 0.1) is 0 Å². The standard InChI is InChI=1S/C13H23N3/c1-10(2)11(3)16(5)9-12-6-7-15-13(8-12)14-4/h6-8,10-11H,9H2,1-5H3,(H,14,15). The van der Waals surface area contributed by atoms with Gasteiger partial charge in [0, 0.05) is 25.8 Å². The molecule has 16 heavy (non-hydrogen) atoms. The molecule has 0 aromatic carbocycles. The van der Waals surface area contributed by atoms with E-state index in [0.29, 0.717) is 12.0 Å². The van der Waals surface area contributed by atoms with Gasteiger partial charge in [0.1, 0.15) is 5.82 Å². The Kier molecular flexibility index (Phi) is 4.74. The molecule has 0 bridgehead atoms. The summed E-state index contributed by atoms with van der Waals surface area (Å²) in [6.07, 6.45) is 1.86. The van der Waals surface area contributed by atoms with Gasteiger partial charge in [-0.1, -0.05) is 13.8 Å². The summed E-state index contributed by atoms with van der Waals surface area (Å²) in [5, 5.41) is 3.06. The first kappa shape index (κ1) is 13.0. The number of pyridine rings is 1. The van der Waals surface area contributed by atoms with E-state index in [9.17, 15) is 0 Å². The zero-order valence-electron chi connectivity index (χ0n) is 11.0. The maximum absolute atomic E-state index is 4.22. The number of rotatable bonds is 5. The molecule has 3 heteroatoms. The second kappa shape index (κ2) is 5.85. The molecular weight excluding hydrogens is 198 g/mol. The molecule has 0 spiro atoms. The number of hydrogen-bond acceptors (Lipinski definition) is 3. The minimum atomic E-state index is 0.589. The van der Waals surface area contributed by atoms with Crippen LogP contribution in [-0.4, -0.2) is 30.0 Å². The molecule has 1 aromatic heterocycles. The van der Waals surface area contributed by atoms with Crippen LogP contribution in [0.3, 0.4) is 0 Å². The van der Waals surface area contributed by atoms with Gasteiger partial charge < -0.3 is 5.32 Å². The van der Waals surface area contributed by atoms with E-state index in [1.165, 1.54) is 5.56 Å². The number of anilines is 1. The molecule has 0 aliphatic heterocycles. The predicted molar refractivity (Wildman–Crippen MR) is 69.6 cm³/mol. The van der Waals surface area contributed by atoms with Crippen LogP contribution in [0.5, 0.6) is 0 Å². The van der Waals surface area contributed by atoms with Crippen LogP contribution in [0.1, 0.15) is 26.3 Å². The van der Waals surface area contributed by atoms with Gasteiger partial charge in [0.15, 0.2) is 0 Å². The molecule has 0 aliphatic rings. The molecule has 0 radical (unpaired) electrons. The maximum Gasteiger partial charge on any atom is 0.125 e. The molecule has 1 atom stereocenters. The van der Waals surface area contributed by atoms with Crippen LogP contribution in [0.15, 0.2) is 18.3 Å². The molecule has 0 fully saturated rings. The Morgan fingerprint density at radius 3 is 2.62 bits per heavy atom. The molecule has 0 amide bonds. The minimum Gasteiger partial charge on any atom is -0.373 e. The summed E-state index contributed by atoms with van der Waals surface area (Å²) in [5.74, 6) is 1.61. The quantitative estimate of drug-likeness (QED) is 0.828. The van der Waals surface area contributed by atoms with Crippen LogP contribution >= 0.6 is 0 Å². The van der Waals surface area contributed by atoms with E-state index in [1.54, 1.807) is 0 Å². The first-order valence-electron chi connectivity index (χ1n) is 5.87. The summed E-state index contributed by atoms with van der Waals surface area (Å²) in [5.41, 5.74) is 1.30. The fraction of sp³-hybridized carbons (Fsp3) is 0.615. The van der Waals surface area contributed by atoms with Crippen LogP contribution in [0.25, 0.3) is 0 Å². The Bertz CT molecular complexity index is 323. The molecule has 3 nitrogen and oxygen atoms in total. The first-order chi connectivity index (χ1) is 7.54. The van der Waals surface area contributed by atoms with Gasteiger partial charge in [0.2, 0.25) is 0 Å². The molecule has 0 saturated heterocycles. The Labute approximate surface area is 98.9 Å². The highest BCUT2D eigenvalue weighted by Gasteiger charge is 2.13. The smallest absolute Gasteiger partial charge is 0.125 e. The highest BCUT2D eigenvalue weighted by Crippen LogP contribution is 2.13. The molecule has 1 N–H and O–H groups in total. The molecule has 90 valence electrons. The third-order valence-electron chi connectivity index (χ3n) is 3.17. The van der Waals surface area contributed by atoms with Crippen molar-refractivity contribution in [2.45, 2.75) is 33.4 Å². The van der Waals surface area contributed by atoms with Crippen LogP contribution in [0.4, 0.5) is 5.82 Å². The van der Waals surface area contributed by atoms with Crippen molar-refractivity contribution < 1.29 is 0 Å². The minimum absolute atomic E-state index is 0.589. The van der Waals surface area contributed by atoms with Gasteiger partial charge in [-0.25, -0.2) is 4.98 Å². The average Bonchev–Trinajstić information content (AvgIpc) is 2.28. The van der Waals surface area contributed by atoms with Gasteiger partial charge in [-0.05, 0) is 37.6 Å². The maximum atomic E-state index is 4.22. The number of nitrogens with one attached hydrogen (secondary N) is 1. The van der Waals surface area contributed by atoms with Crippen LogP contribution in [-0.2, 0) is 6.54 Å². The summed E-state index contributed by atoms with van der Waals surface area (Å²) in [7, 11) is 4.07. The van der Waals surface area contributed by atoms with Crippen LogP contribution < -0.4 is 5.32 Å². The monoisotopic (exact) mass is 221 g/mol. The van der Waals surface area contributed by atoms with Gasteiger partial charge in [-0.2, -0.15) is 0 Å². The van der Waals surface area contributed by atoms with Crippen molar-refractivity contribution in [3.8, 4) is 0 Å². The summed E-state index contributed by atoms with van der Waals surface area (Å²) in [6.45, 7) is 7.75. The lowest BCUT2D eigenvalue weighted by atomic mass is 10.0. The molecular formula is C13H23N3. The van der Waals surface area contributed by atoms with E-state index >= 15 is 0 Å². The topological polar surface area (TPSA) is 28.2 Å². The Morgan fingerprint density at radius 1 is 1.38 bits per heavy atom. The Morgan fingerprint density at radius 2 is 2.06 bits per heavy atom. The Hall–Kier alpha value is -1.09. The van der Waals surface area contributed by atoms with Gasteiger partial charge >= 0.3 is 0 Å².